The fraction of sp³-hybridized carbons (Fsp3) is 0.188. The highest BCUT2D eigenvalue weighted by molar-refractivity contribution is 6.30. The van der Waals surface area contributed by atoms with Gasteiger partial charge in [0.2, 0.25) is 0 Å². The second-order valence-electron chi connectivity index (χ2n) is 4.75. The Kier molecular flexibility index (Phi) is 5.70. The summed E-state index contributed by atoms with van der Waals surface area (Å²) in [4.78, 5) is 27.8. The number of ether oxygens (including phenoxy) is 2. The van der Waals surface area contributed by atoms with Crippen molar-refractivity contribution in [2.45, 2.75) is 13.0 Å². The first kappa shape index (κ1) is 17.7. The van der Waals surface area contributed by atoms with Gasteiger partial charge in [0.05, 0.1) is 17.7 Å². The van der Waals surface area contributed by atoms with Gasteiger partial charge in [0.15, 0.2) is 17.7 Å². The molecule has 0 aliphatic heterocycles. The van der Waals surface area contributed by atoms with E-state index in [-0.39, 0.29) is 17.1 Å². The van der Waals surface area contributed by atoms with E-state index in [2.05, 4.69) is 10.3 Å². The number of halogens is 2. The summed E-state index contributed by atoms with van der Waals surface area (Å²) in [5, 5.41) is 2.90. The fourth-order valence-corrected chi connectivity index (χ4v) is 1.86. The zero-order valence-corrected chi connectivity index (χ0v) is 13.6. The minimum atomic E-state index is -1.10. The van der Waals surface area contributed by atoms with Gasteiger partial charge in [-0.3, -0.25) is 4.79 Å². The van der Waals surface area contributed by atoms with Crippen LogP contribution in [0.5, 0.6) is 5.75 Å². The molecule has 8 heteroatoms. The number of benzene rings is 1. The Balaban J connectivity index is 1.98. The van der Waals surface area contributed by atoms with Crippen molar-refractivity contribution >= 4 is 29.3 Å². The van der Waals surface area contributed by atoms with Gasteiger partial charge in [-0.25, -0.2) is 14.2 Å². The van der Waals surface area contributed by atoms with E-state index in [0.717, 1.165) is 6.07 Å². The van der Waals surface area contributed by atoms with Crippen LogP contribution in [-0.2, 0) is 9.53 Å². The van der Waals surface area contributed by atoms with E-state index in [1.54, 1.807) is 6.07 Å². The quantitative estimate of drug-likeness (QED) is 0.837. The summed E-state index contributed by atoms with van der Waals surface area (Å²) in [5.41, 5.74) is -0.0300. The summed E-state index contributed by atoms with van der Waals surface area (Å²) in [5.74, 6) is -1.83. The first-order valence-electron chi connectivity index (χ1n) is 6.87. The van der Waals surface area contributed by atoms with Gasteiger partial charge in [0.1, 0.15) is 5.82 Å². The fourth-order valence-electron chi connectivity index (χ4n) is 1.75. The van der Waals surface area contributed by atoms with Crippen molar-refractivity contribution in [3.05, 3.63) is 52.9 Å². The number of amides is 1. The van der Waals surface area contributed by atoms with Crippen molar-refractivity contribution < 1.29 is 23.5 Å². The molecule has 0 bridgehead atoms. The van der Waals surface area contributed by atoms with Crippen molar-refractivity contribution in [2.75, 3.05) is 12.4 Å². The number of hydrogen-bond acceptors (Lipinski definition) is 5. The van der Waals surface area contributed by atoms with Gasteiger partial charge < -0.3 is 14.8 Å². The Bertz CT molecular complexity index is 752. The molecule has 0 radical (unpaired) electrons. The van der Waals surface area contributed by atoms with E-state index < -0.39 is 23.8 Å². The van der Waals surface area contributed by atoms with Crippen LogP contribution in [-0.4, -0.2) is 30.1 Å². The number of methoxy groups -OCH3 is 1. The van der Waals surface area contributed by atoms with Crippen LogP contribution < -0.4 is 10.1 Å². The largest absolute Gasteiger partial charge is 0.494 e. The molecule has 6 nitrogen and oxygen atoms in total. The number of rotatable bonds is 5. The summed E-state index contributed by atoms with van der Waals surface area (Å²) in [6.07, 6.45) is 0.272. The standard InChI is InChI=1S/C16H14ClFN2O4/c1-9(15(21)20-14-6-4-11(17)8-19-14)24-16(22)10-3-5-13(23-2)12(18)7-10/h3-9H,1-2H3,(H,19,20,21)/t9-/m0/s1. The topological polar surface area (TPSA) is 77.5 Å². The number of carbonyl (C=O) groups is 2. The van der Waals surface area contributed by atoms with E-state index in [0.29, 0.717) is 5.02 Å². The van der Waals surface area contributed by atoms with Crippen molar-refractivity contribution in [3.8, 4) is 5.75 Å². The first-order valence-corrected chi connectivity index (χ1v) is 7.25. The highest BCUT2D eigenvalue weighted by Crippen LogP contribution is 2.18. The van der Waals surface area contributed by atoms with Crippen LogP contribution in [0.25, 0.3) is 0 Å². The minimum absolute atomic E-state index is 0.00570. The molecular weight excluding hydrogens is 339 g/mol. The van der Waals surface area contributed by atoms with Gasteiger partial charge in [-0.1, -0.05) is 11.6 Å². The average molecular weight is 353 g/mol. The van der Waals surface area contributed by atoms with Gasteiger partial charge >= 0.3 is 5.97 Å². The van der Waals surface area contributed by atoms with E-state index >= 15 is 0 Å². The lowest BCUT2D eigenvalue weighted by atomic mass is 10.2. The second kappa shape index (κ2) is 7.74. The zero-order valence-electron chi connectivity index (χ0n) is 12.9. The van der Waals surface area contributed by atoms with Crippen LogP contribution >= 0.6 is 11.6 Å². The Morgan fingerprint density at radius 2 is 2.04 bits per heavy atom. The maximum Gasteiger partial charge on any atom is 0.339 e. The molecule has 2 rings (SSSR count). The molecule has 0 spiro atoms. The molecule has 1 aromatic carbocycles. The molecule has 1 amide bonds. The number of anilines is 1. The normalized spacial score (nSPS) is 11.5. The van der Waals surface area contributed by atoms with Crippen molar-refractivity contribution in [1.29, 1.82) is 0 Å². The van der Waals surface area contributed by atoms with Crippen LogP contribution in [0.15, 0.2) is 36.5 Å². The Morgan fingerprint density at radius 3 is 2.62 bits per heavy atom. The molecular formula is C16H14ClFN2O4. The van der Waals surface area contributed by atoms with E-state index in [1.807, 2.05) is 0 Å². The molecule has 24 heavy (non-hydrogen) atoms. The molecule has 2 aromatic rings. The predicted molar refractivity (Wildman–Crippen MR) is 85.7 cm³/mol. The molecule has 1 heterocycles. The van der Waals surface area contributed by atoms with Crippen LogP contribution in [0.2, 0.25) is 5.02 Å². The number of carbonyl (C=O) groups excluding carboxylic acids is 2. The maximum atomic E-state index is 13.6. The molecule has 0 saturated heterocycles. The molecule has 0 fully saturated rings. The van der Waals surface area contributed by atoms with E-state index in [1.165, 1.54) is 38.4 Å². The summed E-state index contributed by atoms with van der Waals surface area (Å²) < 4.78 is 23.4. The monoisotopic (exact) mass is 352 g/mol. The molecule has 0 unspecified atom stereocenters. The molecule has 126 valence electrons. The van der Waals surface area contributed by atoms with Gasteiger partial charge in [-0.05, 0) is 37.3 Å². The number of nitrogens with one attached hydrogen (secondary N) is 1. The first-order chi connectivity index (χ1) is 11.4. The van der Waals surface area contributed by atoms with E-state index in [4.69, 9.17) is 21.1 Å². The van der Waals surface area contributed by atoms with Crippen molar-refractivity contribution in [1.82, 2.24) is 4.98 Å². The smallest absolute Gasteiger partial charge is 0.339 e. The second-order valence-corrected chi connectivity index (χ2v) is 5.18. The Morgan fingerprint density at radius 1 is 1.29 bits per heavy atom. The van der Waals surface area contributed by atoms with E-state index in [9.17, 15) is 14.0 Å². The molecule has 0 saturated carbocycles. The third-order valence-electron chi connectivity index (χ3n) is 3.02. The van der Waals surface area contributed by atoms with Gasteiger partial charge in [0.25, 0.3) is 5.91 Å². The number of esters is 1. The Hall–Kier alpha value is -2.67. The van der Waals surface area contributed by atoms with Crippen LogP contribution in [0.3, 0.4) is 0 Å². The number of nitrogens with zero attached hydrogens (tertiary/aromatic N) is 1. The summed E-state index contributed by atoms with van der Waals surface area (Å²) in [6.45, 7) is 1.39. The van der Waals surface area contributed by atoms with Gasteiger partial charge in [0, 0.05) is 6.20 Å². The summed E-state index contributed by atoms with van der Waals surface area (Å²) in [6, 6.07) is 6.69. The van der Waals surface area contributed by atoms with Crippen LogP contribution in [0.1, 0.15) is 17.3 Å². The van der Waals surface area contributed by atoms with Gasteiger partial charge in [-0.2, -0.15) is 0 Å². The lowest BCUT2D eigenvalue weighted by Gasteiger charge is -2.13. The lowest BCUT2D eigenvalue weighted by molar-refractivity contribution is -0.123. The number of aromatic nitrogens is 1. The number of pyridine rings is 1. The third kappa shape index (κ3) is 4.42. The molecule has 1 atom stereocenters. The molecule has 1 aromatic heterocycles. The van der Waals surface area contributed by atoms with Crippen LogP contribution in [0.4, 0.5) is 10.2 Å². The third-order valence-corrected chi connectivity index (χ3v) is 3.24. The number of hydrogen-bond donors (Lipinski definition) is 1. The SMILES string of the molecule is COc1ccc(C(=O)O[C@@H](C)C(=O)Nc2ccc(Cl)cn2)cc1F. The summed E-state index contributed by atoms with van der Waals surface area (Å²) in [7, 11) is 1.31. The van der Waals surface area contributed by atoms with Crippen molar-refractivity contribution in [3.63, 3.8) is 0 Å². The zero-order chi connectivity index (χ0) is 17.7. The predicted octanol–water partition coefficient (Wildman–Crippen LogP) is 3.07. The Labute approximate surface area is 142 Å². The van der Waals surface area contributed by atoms with Crippen LogP contribution in [0, 0.1) is 5.82 Å². The minimum Gasteiger partial charge on any atom is -0.494 e. The molecule has 0 aliphatic rings. The highest BCUT2D eigenvalue weighted by atomic mass is 35.5. The summed E-state index contributed by atoms with van der Waals surface area (Å²) >= 11 is 5.70. The molecule has 0 aliphatic carbocycles. The maximum absolute atomic E-state index is 13.6. The molecule has 1 N–H and O–H groups in total. The van der Waals surface area contributed by atoms with Crippen molar-refractivity contribution in [2.24, 2.45) is 0 Å². The van der Waals surface area contributed by atoms with Gasteiger partial charge in [-0.15, -0.1) is 0 Å². The average Bonchev–Trinajstić information content (AvgIpc) is 2.56. The highest BCUT2D eigenvalue weighted by Gasteiger charge is 2.20. The lowest BCUT2D eigenvalue weighted by Crippen LogP contribution is -2.30.